The highest BCUT2D eigenvalue weighted by atomic mass is 35.5. The summed E-state index contributed by atoms with van der Waals surface area (Å²) in [6.45, 7) is 0. The van der Waals surface area contributed by atoms with E-state index in [0.29, 0.717) is 16.3 Å². The smallest absolute Gasteiger partial charge is 0.203 e. The summed E-state index contributed by atoms with van der Waals surface area (Å²) >= 11 is 7.87. The van der Waals surface area contributed by atoms with E-state index in [-0.39, 0.29) is 5.92 Å². The fourth-order valence-corrected chi connectivity index (χ4v) is 4.02. The number of nitrogens with zero attached hydrogens (tertiary/aromatic N) is 1. The maximum absolute atomic E-state index is 6.04. The van der Waals surface area contributed by atoms with Crippen LogP contribution in [-0.4, -0.2) is 4.98 Å². The Labute approximate surface area is 125 Å². The van der Waals surface area contributed by atoms with E-state index in [1.54, 1.807) is 12.1 Å². The minimum Gasteiger partial charge on any atom is -0.440 e. The zero-order valence-corrected chi connectivity index (χ0v) is 12.3. The van der Waals surface area contributed by atoms with E-state index in [1.807, 2.05) is 11.3 Å². The van der Waals surface area contributed by atoms with Crippen LogP contribution in [0.2, 0.25) is 5.02 Å². The average Bonchev–Trinajstić information content (AvgIpc) is 3.05. The molecule has 4 rings (SSSR count). The Hall–Kier alpha value is -1.52. The first kappa shape index (κ1) is 12.2. The van der Waals surface area contributed by atoms with Crippen LogP contribution in [0.3, 0.4) is 0 Å². The SMILES string of the molecule is Nc1cc2oc(C3CCCc4sccc43)nc2cc1Cl. The first-order valence-electron chi connectivity index (χ1n) is 6.64. The third-order valence-electron chi connectivity index (χ3n) is 3.87. The number of oxazole rings is 1. The van der Waals surface area contributed by atoms with Gasteiger partial charge in [0.1, 0.15) is 5.52 Å². The summed E-state index contributed by atoms with van der Waals surface area (Å²) in [5.41, 5.74) is 9.20. The third-order valence-corrected chi connectivity index (χ3v) is 5.20. The van der Waals surface area contributed by atoms with Gasteiger partial charge >= 0.3 is 0 Å². The van der Waals surface area contributed by atoms with Crippen molar-refractivity contribution in [2.24, 2.45) is 0 Å². The van der Waals surface area contributed by atoms with Gasteiger partial charge in [0.2, 0.25) is 5.89 Å². The van der Waals surface area contributed by atoms with Crippen LogP contribution in [0.15, 0.2) is 28.0 Å². The topological polar surface area (TPSA) is 52.0 Å². The van der Waals surface area contributed by atoms with Crippen LogP contribution in [0.25, 0.3) is 11.1 Å². The van der Waals surface area contributed by atoms with Gasteiger partial charge in [0.15, 0.2) is 5.58 Å². The molecular formula is C15H13ClN2OS. The van der Waals surface area contributed by atoms with E-state index >= 15 is 0 Å². The Morgan fingerprint density at radius 3 is 3.20 bits per heavy atom. The second-order valence-electron chi connectivity index (χ2n) is 5.14. The van der Waals surface area contributed by atoms with Gasteiger partial charge in [-0.05, 0) is 42.3 Å². The summed E-state index contributed by atoms with van der Waals surface area (Å²) in [4.78, 5) is 6.07. The molecule has 0 aliphatic heterocycles. The maximum Gasteiger partial charge on any atom is 0.203 e. The number of anilines is 1. The van der Waals surface area contributed by atoms with Gasteiger partial charge in [0, 0.05) is 10.9 Å². The molecule has 0 saturated heterocycles. The predicted molar refractivity (Wildman–Crippen MR) is 82.5 cm³/mol. The first-order chi connectivity index (χ1) is 9.72. The number of benzene rings is 1. The number of nitrogen functional groups attached to an aromatic ring is 1. The maximum atomic E-state index is 6.04. The van der Waals surface area contributed by atoms with E-state index in [1.165, 1.54) is 23.3 Å². The van der Waals surface area contributed by atoms with Gasteiger partial charge in [-0.25, -0.2) is 4.98 Å². The Morgan fingerprint density at radius 1 is 1.40 bits per heavy atom. The second kappa shape index (κ2) is 4.50. The monoisotopic (exact) mass is 304 g/mol. The number of aromatic nitrogens is 1. The zero-order valence-electron chi connectivity index (χ0n) is 10.7. The molecule has 2 aromatic heterocycles. The number of fused-ring (bicyclic) bond motifs is 2. The highest BCUT2D eigenvalue weighted by Crippen LogP contribution is 2.40. The van der Waals surface area contributed by atoms with Crippen LogP contribution in [0, 0.1) is 0 Å². The molecule has 1 atom stereocenters. The molecule has 3 nitrogen and oxygen atoms in total. The largest absolute Gasteiger partial charge is 0.440 e. The molecule has 0 saturated carbocycles. The van der Waals surface area contributed by atoms with Crippen molar-refractivity contribution in [3.05, 3.63) is 44.9 Å². The van der Waals surface area contributed by atoms with Gasteiger partial charge in [-0.3, -0.25) is 0 Å². The van der Waals surface area contributed by atoms with Crippen LogP contribution in [0.4, 0.5) is 5.69 Å². The van der Waals surface area contributed by atoms with Crippen molar-refractivity contribution in [3.8, 4) is 0 Å². The van der Waals surface area contributed by atoms with Crippen molar-refractivity contribution >= 4 is 39.7 Å². The molecule has 0 radical (unpaired) electrons. The molecule has 2 N–H and O–H groups in total. The van der Waals surface area contributed by atoms with Crippen LogP contribution in [-0.2, 0) is 6.42 Å². The molecular weight excluding hydrogens is 292 g/mol. The summed E-state index contributed by atoms with van der Waals surface area (Å²) in [7, 11) is 0. The van der Waals surface area contributed by atoms with E-state index in [0.717, 1.165) is 17.8 Å². The van der Waals surface area contributed by atoms with Crippen LogP contribution in [0.5, 0.6) is 0 Å². The van der Waals surface area contributed by atoms with Crippen molar-refractivity contribution in [2.75, 3.05) is 5.73 Å². The van der Waals surface area contributed by atoms with Crippen LogP contribution >= 0.6 is 22.9 Å². The van der Waals surface area contributed by atoms with Gasteiger partial charge in [0.05, 0.1) is 16.6 Å². The van der Waals surface area contributed by atoms with Gasteiger partial charge < -0.3 is 10.2 Å². The highest BCUT2D eigenvalue weighted by Gasteiger charge is 2.27. The quantitative estimate of drug-likeness (QED) is 0.669. The Kier molecular flexibility index (Phi) is 2.75. The lowest BCUT2D eigenvalue weighted by molar-refractivity contribution is 0.467. The lowest BCUT2D eigenvalue weighted by Crippen LogP contribution is -2.08. The fourth-order valence-electron chi connectivity index (χ4n) is 2.87. The predicted octanol–water partition coefficient (Wildman–Crippen LogP) is 4.59. The molecule has 20 heavy (non-hydrogen) atoms. The van der Waals surface area contributed by atoms with Crippen molar-refractivity contribution in [1.29, 1.82) is 0 Å². The molecule has 1 aromatic carbocycles. The molecule has 0 bridgehead atoms. The number of nitrogens with two attached hydrogens (primary N) is 1. The van der Waals surface area contributed by atoms with Gasteiger partial charge in [-0.1, -0.05) is 11.6 Å². The summed E-state index contributed by atoms with van der Waals surface area (Å²) < 4.78 is 5.92. The van der Waals surface area contributed by atoms with E-state index in [2.05, 4.69) is 16.4 Å². The Bertz CT molecular complexity index is 753. The summed E-state index contributed by atoms with van der Waals surface area (Å²) in [5, 5.41) is 2.68. The van der Waals surface area contributed by atoms with Crippen molar-refractivity contribution in [1.82, 2.24) is 4.98 Å². The minimum absolute atomic E-state index is 0.261. The first-order valence-corrected chi connectivity index (χ1v) is 7.90. The lowest BCUT2D eigenvalue weighted by Gasteiger charge is -2.19. The van der Waals surface area contributed by atoms with E-state index < -0.39 is 0 Å². The third kappa shape index (κ3) is 1.83. The summed E-state index contributed by atoms with van der Waals surface area (Å²) in [5.74, 6) is 1.04. The van der Waals surface area contributed by atoms with Crippen LogP contribution < -0.4 is 5.73 Å². The molecule has 5 heteroatoms. The number of aryl methyl sites for hydroxylation is 1. The minimum atomic E-state index is 0.261. The number of rotatable bonds is 1. The number of hydrogen-bond donors (Lipinski definition) is 1. The molecule has 102 valence electrons. The van der Waals surface area contributed by atoms with E-state index in [9.17, 15) is 0 Å². The molecule has 0 fully saturated rings. The highest BCUT2D eigenvalue weighted by molar-refractivity contribution is 7.10. The molecule has 3 aromatic rings. The normalized spacial score (nSPS) is 18.4. The van der Waals surface area contributed by atoms with Gasteiger partial charge in [-0.15, -0.1) is 11.3 Å². The van der Waals surface area contributed by atoms with Crippen molar-refractivity contribution < 1.29 is 4.42 Å². The molecule has 1 aliphatic carbocycles. The summed E-state index contributed by atoms with van der Waals surface area (Å²) in [6.07, 6.45) is 3.43. The number of halogens is 1. The second-order valence-corrected chi connectivity index (χ2v) is 6.55. The van der Waals surface area contributed by atoms with Crippen LogP contribution in [0.1, 0.15) is 35.1 Å². The van der Waals surface area contributed by atoms with E-state index in [4.69, 9.17) is 21.8 Å². The molecule has 0 amide bonds. The molecule has 1 aliphatic rings. The van der Waals surface area contributed by atoms with Crippen molar-refractivity contribution in [2.45, 2.75) is 25.2 Å². The number of hydrogen-bond acceptors (Lipinski definition) is 4. The Morgan fingerprint density at radius 2 is 2.30 bits per heavy atom. The Balaban J connectivity index is 1.84. The fraction of sp³-hybridized carbons (Fsp3) is 0.267. The summed E-state index contributed by atoms with van der Waals surface area (Å²) in [6, 6.07) is 5.72. The van der Waals surface area contributed by atoms with Gasteiger partial charge in [0.25, 0.3) is 0 Å². The average molecular weight is 305 g/mol. The van der Waals surface area contributed by atoms with Gasteiger partial charge in [-0.2, -0.15) is 0 Å². The number of thiophene rings is 1. The molecule has 0 spiro atoms. The molecule has 1 unspecified atom stereocenters. The molecule has 2 heterocycles. The lowest BCUT2D eigenvalue weighted by atomic mass is 9.88. The van der Waals surface area contributed by atoms with Crippen molar-refractivity contribution in [3.63, 3.8) is 0 Å². The zero-order chi connectivity index (χ0) is 13.7. The standard InChI is InChI=1S/C15H13ClN2OS/c16-10-6-12-13(7-11(10)17)19-15(18-12)9-2-1-3-14-8(9)4-5-20-14/h4-7,9H,1-3,17H2.